The number of likely N-dealkylation sites (tertiary alicyclic amines) is 1. The van der Waals surface area contributed by atoms with Crippen molar-refractivity contribution in [1.29, 1.82) is 0 Å². The topological polar surface area (TPSA) is 75.4 Å². The highest BCUT2D eigenvalue weighted by Crippen LogP contribution is 2.10. The van der Waals surface area contributed by atoms with Crippen LogP contribution in [0.5, 0.6) is 0 Å². The van der Waals surface area contributed by atoms with Gasteiger partial charge in [0.2, 0.25) is 11.8 Å². The summed E-state index contributed by atoms with van der Waals surface area (Å²) in [6.45, 7) is 7.38. The summed E-state index contributed by atoms with van der Waals surface area (Å²) < 4.78 is 0. The van der Waals surface area contributed by atoms with Crippen LogP contribution in [0.15, 0.2) is 0 Å². The first-order valence-electron chi connectivity index (χ1n) is 6.74. The maximum atomic E-state index is 11.8. The van der Waals surface area contributed by atoms with Crippen LogP contribution in [0.1, 0.15) is 40.0 Å². The van der Waals surface area contributed by atoms with Crippen LogP contribution < -0.4 is 11.1 Å². The van der Waals surface area contributed by atoms with Gasteiger partial charge < -0.3 is 16.0 Å². The van der Waals surface area contributed by atoms with Gasteiger partial charge in [-0.15, -0.1) is 0 Å². The number of amides is 2. The number of rotatable bonds is 6. The highest BCUT2D eigenvalue weighted by molar-refractivity contribution is 5.82. The van der Waals surface area contributed by atoms with E-state index in [1.54, 1.807) is 4.90 Å². The van der Waals surface area contributed by atoms with Crippen molar-refractivity contribution in [3.05, 3.63) is 0 Å². The van der Waals surface area contributed by atoms with E-state index in [0.29, 0.717) is 25.3 Å². The molecule has 1 aliphatic heterocycles. The van der Waals surface area contributed by atoms with Crippen molar-refractivity contribution in [2.45, 2.75) is 52.1 Å². The first-order valence-corrected chi connectivity index (χ1v) is 6.74. The van der Waals surface area contributed by atoms with Gasteiger partial charge in [-0.1, -0.05) is 13.8 Å². The quantitative estimate of drug-likeness (QED) is 0.725. The maximum Gasteiger partial charge on any atom is 0.237 e. The van der Waals surface area contributed by atoms with Crippen molar-refractivity contribution >= 4 is 11.8 Å². The molecule has 5 nitrogen and oxygen atoms in total. The molecule has 0 aliphatic carbocycles. The number of hydrogen-bond donors (Lipinski definition) is 2. The van der Waals surface area contributed by atoms with Gasteiger partial charge in [-0.05, 0) is 25.7 Å². The van der Waals surface area contributed by atoms with Crippen LogP contribution in [-0.4, -0.2) is 41.9 Å². The van der Waals surface area contributed by atoms with Crippen LogP contribution in [0.25, 0.3) is 0 Å². The molecular weight excluding hydrogens is 230 g/mol. The molecule has 0 saturated carbocycles. The fourth-order valence-electron chi connectivity index (χ4n) is 2.24. The van der Waals surface area contributed by atoms with Gasteiger partial charge in [-0.2, -0.15) is 0 Å². The van der Waals surface area contributed by atoms with Crippen LogP contribution in [0.2, 0.25) is 0 Å². The molecule has 2 amide bonds. The summed E-state index contributed by atoms with van der Waals surface area (Å²) in [5, 5.41) is 2.87. The van der Waals surface area contributed by atoms with E-state index in [0.717, 1.165) is 13.0 Å². The van der Waals surface area contributed by atoms with Gasteiger partial charge in [0.1, 0.15) is 0 Å². The molecule has 0 radical (unpaired) electrons. The zero-order valence-electron chi connectivity index (χ0n) is 11.6. The molecule has 1 unspecified atom stereocenters. The minimum Gasteiger partial charge on any atom is -0.351 e. The van der Waals surface area contributed by atoms with Gasteiger partial charge in [0.15, 0.2) is 0 Å². The van der Waals surface area contributed by atoms with Gasteiger partial charge in [0.05, 0.1) is 6.04 Å². The molecular formula is C13H25N3O2. The molecule has 0 aromatic heterocycles. The van der Waals surface area contributed by atoms with Crippen molar-refractivity contribution in [2.24, 2.45) is 11.7 Å². The molecule has 1 saturated heterocycles. The Bertz CT molecular complexity index is 305. The summed E-state index contributed by atoms with van der Waals surface area (Å²) in [5.74, 6) is 0.464. The molecule has 1 rings (SSSR count). The molecule has 18 heavy (non-hydrogen) atoms. The minimum atomic E-state index is -0.457. The van der Waals surface area contributed by atoms with E-state index in [9.17, 15) is 9.59 Å². The van der Waals surface area contributed by atoms with E-state index in [4.69, 9.17) is 5.73 Å². The Morgan fingerprint density at radius 1 is 1.44 bits per heavy atom. The van der Waals surface area contributed by atoms with Crippen LogP contribution in [0.4, 0.5) is 0 Å². The zero-order chi connectivity index (χ0) is 13.7. The van der Waals surface area contributed by atoms with E-state index in [1.165, 1.54) is 0 Å². The van der Waals surface area contributed by atoms with E-state index < -0.39 is 6.04 Å². The van der Waals surface area contributed by atoms with Crippen LogP contribution in [0, 0.1) is 5.92 Å². The predicted molar refractivity (Wildman–Crippen MR) is 70.8 cm³/mol. The molecule has 1 aliphatic rings. The largest absolute Gasteiger partial charge is 0.351 e. The van der Waals surface area contributed by atoms with Crippen molar-refractivity contribution in [3.8, 4) is 0 Å². The average molecular weight is 255 g/mol. The fraction of sp³-hybridized carbons (Fsp3) is 0.846. The number of carbonyl (C=O) groups is 2. The third-order valence-electron chi connectivity index (χ3n) is 3.12. The minimum absolute atomic E-state index is 0.0437. The number of nitrogens with zero attached hydrogens (tertiary/aromatic N) is 1. The summed E-state index contributed by atoms with van der Waals surface area (Å²) >= 11 is 0. The molecule has 0 bridgehead atoms. The Balaban J connectivity index is 2.32. The highest BCUT2D eigenvalue weighted by atomic mass is 16.2. The number of carbonyl (C=O) groups excluding carboxylic acids is 2. The molecule has 2 atom stereocenters. The van der Waals surface area contributed by atoms with E-state index in [1.807, 2.05) is 20.8 Å². The Hall–Kier alpha value is -1.10. The lowest BCUT2D eigenvalue weighted by Crippen LogP contribution is -2.48. The van der Waals surface area contributed by atoms with Crippen LogP contribution in [0.3, 0.4) is 0 Å². The normalized spacial score (nSPS) is 19.2. The fourth-order valence-corrected chi connectivity index (χ4v) is 2.24. The van der Waals surface area contributed by atoms with E-state index in [2.05, 4.69) is 5.32 Å². The number of nitrogens with one attached hydrogen (secondary N) is 1. The summed E-state index contributed by atoms with van der Waals surface area (Å²) in [6.07, 6.45) is 2.24. The van der Waals surface area contributed by atoms with Gasteiger partial charge in [-0.3, -0.25) is 9.59 Å². The monoisotopic (exact) mass is 255 g/mol. The standard InChI is InChI=1S/C13H25N3O2/c1-9(2)7-11(14)13(18)15-10(3)8-16-6-4-5-12(16)17/h9-11H,4-8,14H2,1-3H3,(H,15,18)/t10?,11-/m0/s1. The van der Waals surface area contributed by atoms with Gasteiger partial charge in [0, 0.05) is 25.6 Å². The number of nitrogens with two attached hydrogens (primary N) is 1. The Labute approximate surface area is 109 Å². The number of hydrogen-bond acceptors (Lipinski definition) is 3. The zero-order valence-corrected chi connectivity index (χ0v) is 11.6. The Morgan fingerprint density at radius 2 is 2.11 bits per heavy atom. The van der Waals surface area contributed by atoms with Gasteiger partial charge in [-0.25, -0.2) is 0 Å². The molecule has 0 aromatic rings. The SMILES string of the molecule is CC(C)C[C@H](N)C(=O)NC(C)CN1CCCC1=O. The van der Waals surface area contributed by atoms with Crippen molar-refractivity contribution < 1.29 is 9.59 Å². The Kier molecular flexibility index (Phi) is 5.59. The van der Waals surface area contributed by atoms with Crippen molar-refractivity contribution in [2.75, 3.05) is 13.1 Å². The second-order valence-corrected chi connectivity index (χ2v) is 5.59. The molecule has 3 N–H and O–H groups in total. The molecule has 0 aromatic carbocycles. The molecule has 1 fully saturated rings. The van der Waals surface area contributed by atoms with Crippen LogP contribution >= 0.6 is 0 Å². The summed E-state index contributed by atoms with van der Waals surface area (Å²) in [4.78, 5) is 25.1. The lowest BCUT2D eigenvalue weighted by Gasteiger charge is -2.23. The molecule has 0 spiro atoms. The third kappa shape index (κ3) is 4.64. The summed E-state index contributed by atoms with van der Waals surface area (Å²) in [5.41, 5.74) is 5.81. The van der Waals surface area contributed by atoms with Crippen LogP contribution in [-0.2, 0) is 9.59 Å². The smallest absolute Gasteiger partial charge is 0.237 e. The van der Waals surface area contributed by atoms with Crippen molar-refractivity contribution in [1.82, 2.24) is 10.2 Å². The first-order chi connectivity index (χ1) is 8.40. The molecule has 104 valence electrons. The highest BCUT2D eigenvalue weighted by Gasteiger charge is 2.23. The lowest BCUT2D eigenvalue weighted by molar-refractivity contribution is -0.129. The average Bonchev–Trinajstić information content (AvgIpc) is 2.63. The summed E-state index contributed by atoms with van der Waals surface area (Å²) in [7, 11) is 0. The summed E-state index contributed by atoms with van der Waals surface area (Å²) in [6, 6.07) is -0.500. The molecule has 1 heterocycles. The predicted octanol–water partition coefficient (Wildman–Crippen LogP) is 0.487. The molecule has 5 heteroatoms. The first kappa shape index (κ1) is 15.0. The van der Waals surface area contributed by atoms with E-state index >= 15 is 0 Å². The second-order valence-electron chi connectivity index (χ2n) is 5.59. The third-order valence-corrected chi connectivity index (χ3v) is 3.12. The van der Waals surface area contributed by atoms with Crippen molar-refractivity contribution in [3.63, 3.8) is 0 Å². The van der Waals surface area contributed by atoms with Gasteiger partial charge >= 0.3 is 0 Å². The van der Waals surface area contributed by atoms with E-state index in [-0.39, 0.29) is 17.9 Å². The second kappa shape index (κ2) is 6.73. The maximum absolute atomic E-state index is 11.8. The van der Waals surface area contributed by atoms with Gasteiger partial charge in [0.25, 0.3) is 0 Å². The Morgan fingerprint density at radius 3 is 2.61 bits per heavy atom. The lowest BCUT2D eigenvalue weighted by atomic mass is 10.0.